The van der Waals surface area contributed by atoms with E-state index in [-0.39, 0.29) is 11.3 Å². The highest BCUT2D eigenvalue weighted by Crippen LogP contribution is 2.34. The van der Waals surface area contributed by atoms with E-state index in [1.165, 1.54) is 19.3 Å². The lowest BCUT2D eigenvalue weighted by molar-refractivity contribution is 0.0885. The van der Waals surface area contributed by atoms with Crippen LogP contribution in [0.25, 0.3) is 0 Å². The van der Waals surface area contributed by atoms with Crippen molar-refractivity contribution in [3.05, 3.63) is 23.7 Å². The minimum Gasteiger partial charge on any atom is -0.459 e. The highest BCUT2D eigenvalue weighted by atomic mass is 16.3. The van der Waals surface area contributed by atoms with Crippen molar-refractivity contribution in [1.82, 2.24) is 5.32 Å². The molecule has 100 valence electrons. The number of rotatable bonds is 4. The van der Waals surface area contributed by atoms with Crippen molar-refractivity contribution in [3.8, 4) is 0 Å². The number of carbonyl (C=O) groups excluding carboxylic acids is 1. The standard InChI is InChI=1S/C14H22N2O2/c1-11-5-8-18-12(11)13(17)16-10-14(9-15)6-3-2-4-7-14/h5,8H,2-4,6-7,9-10,15H2,1H3,(H,16,17). The summed E-state index contributed by atoms with van der Waals surface area (Å²) in [6.07, 6.45) is 7.48. The molecule has 1 aliphatic carbocycles. The first-order valence-corrected chi connectivity index (χ1v) is 6.69. The van der Waals surface area contributed by atoms with Crippen LogP contribution in [0.15, 0.2) is 16.7 Å². The molecule has 1 amide bonds. The predicted octanol–water partition coefficient (Wildman–Crippen LogP) is 2.23. The van der Waals surface area contributed by atoms with Crippen molar-refractivity contribution < 1.29 is 9.21 Å². The summed E-state index contributed by atoms with van der Waals surface area (Å²) < 4.78 is 5.19. The van der Waals surface area contributed by atoms with Crippen molar-refractivity contribution in [1.29, 1.82) is 0 Å². The van der Waals surface area contributed by atoms with E-state index in [1.54, 1.807) is 12.3 Å². The lowest BCUT2D eigenvalue weighted by Gasteiger charge is -2.36. The van der Waals surface area contributed by atoms with E-state index in [4.69, 9.17) is 10.2 Å². The summed E-state index contributed by atoms with van der Waals surface area (Å²) in [5, 5.41) is 2.97. The molecule has 0 spiro atoms. The molecule has 1 fully saturated rings. The quantitative estimate of drug-likeness (QED) is 0.861. The first-order valence-electron chi connectivity index (χ1n) is 6.69. The van der Waals surface area contributed by atoms with E-state index in [0.29, 0.717) is 18.8 Å². The summed E-state index contributed by atoms with van der Waals surface area (Å²) in [5.74, 6) is 0.286. The van der Waals surface area contributed by atoms with Crippen molar-refractivity contribution in [2.45, 2.75) is 39.0 Å². The van der Waals surface area contributed by atoms with E-state index in [9.17, 15) is 4.79 Å². The number of furan rings is 1. The van der Waals surface area contributed by atoms with Crippen LogP contribution in [0.4, 0.5) is 0 Å². The number of nitrogens with one attached hydrogen (secondary N) is 1. The van der Waals surface area contributed by atoms with Crippen LogP contribution in [0.2, 0.25) is 0 Å². The molecule has 1 aromatic heterocycles. The smallest absolute Gasteiger partial charge is 0.287 e. The maximum Gasteiger partial charge on any atom is 0.287 e. The average Bonchev–Trinajstić information content (AvgIpc) is 2.83. The van der Waals surface area contributed by atoms with Crippen molar-refractivity contribution >= 4 is 5.91 Å². The molecule has 1 aliphatic rings. The van der Waals surface area contributed by atoms with Crippen LogP contribution < -0.4 is 11.1 Å². The fourth-order valence-electron chi connectivity index (χ4n) is 2.71. The molecule has 0 radical (unpaired) electrons. The van der Waals surface area contributed by atoms with Gasteiger partial charge in [0.15, 0.2) is 5.76 Å². The molecule has 1 aromatic rings. The van der Waals surface area contributed by atoms with Gasteiger partial charge in [0.25, 0.3) is 5.91 Å². The third-order valence-electron chi connectivity index (χ3n) is 4.04. The average molecular weight is 250 g/mol. The SMILES string of the molecule is Cc1ccoc1C(=O)NCC1(CN)CCCCC1. The third kappa shape index (κ3) is 2.75. The first kappa shape index (κ1) is 13.1. The Labute approximate surface area is 108 Å². The number of aryl methyl sites for hydroxylation is 1. The summed E-state index contributed by atoms with van der Waals surface area (Å²) >= 11 is 0. The molecule has 0 bridgehead atoms. The molecule has 4 heteroatoms. The van der Waals surface area contributed by atoms with Gasteiger partial charge in [0, 0.05) is 12.1 Å². The van der Waals surface area contributed by atoms with Gasteiger partial charge >= 0.3 is 0 Å². The van der Waals surface area contributed by atoms with E-state index in [2.05, 4.69) is 5.32 Å². The molecule has 1 saturated carbocycles. The number of hydrogen-bond acceptors (Lipinski definition) is 3. The zero-order chi connectivity index (χ0) is 13.0. The Bertz CT molecular complexity index is 406. The molecule has 0 aromatic carbocycles. The zero-order valence-corrected chi connectivity index (χ0v) is 11.0. The number of amides is 1. The summed E-state index contributed by atoms with van der Waals surface area (Å²) in [7, 11) is 0. The normalized spacial score (nSPS) is 18.6. The number of nitrogens with two attached hydrogens (primary N) is 1. The number of hydrogen-bond donors (Lipinski definition) is 2. The summed E-state index contributed by atoms with van der Waals surface area (Å²) in [6, 6.07) is 1.80. The minimum atomic E-state index is -0.129. The molecular weight excluding hydrogens is 228 g/mol. The highest BCUT2D eigenvalue weighted by molar-refractivity contribution is 5.92. The molecule has 0 unspecified atom stereocenters. The lowest BCUT2D eigenvalue weighted by Crippen LogP contribution is -2.43. The van der Waals surface area contributed by atoms with Crippen molar-refractivity contribution in [3.63, 3.8) is 0 Å². The van der Waals surface area contributed by atoms with Crippen LogP contribution in [-0.4, -0.2) is 19.0 Å². The Hall–Kier alpha value is -1.29. The second-order valence-electron chi connectivity index (χ2n) is 5.38. The Morgan fingerprint density at radius 2 is 2.17 bits per heavy atom. The summed E-state index contributed by atoms with van der Waals surface area (Å²) in [4.78, 5) is 12.0. The molecule has 4 nitrogen and oxygen atoms in total. The largest absolute Gasteiger partial charge is 0.459 e. The predicted molar refractivity (Wildman–Crippen MR) is 70.4 cm³/mol. The molecule has 0 aliphatic heterocycles. The minimum absolute atomic E-state index is 0.0917. The van der Waals surface area contributed by atoms with Gasteiger partial charge < -0.3 is 15.5 Å². The van der Waals surface area contributed by atoms with Gasteiger partial charge in [-0.25, -0.2) is 0 Å². The first-order chi connectivity index (χ1) is 8.67. The Kier molecular flexibility index (Phi) is 4.07. The Balaban J connectivity index is 1.94. The van der Waals surface area contributed by atoms with Gasteiger partial charge in [-0.2, -0.15) is 0 Å². The second-order valence-corrected chi connectivity index (χ2v) is 5.38. The monoisotopic (exact) mass is 250 g/mol. The lowest BCUT2D eigenvalue weighted by atomic mass is 9.74. The molecule has 0 atom stereocenters. The van der Waals surface area contributed by atoms with Crippen molar-refractivity contribution in [2.24, 2.45) is 11.1 Å². The maximum atomic E-state index is 12.0. The molecule has 1 heterocycles. The van der Waals surface area contributed by atoms with Gasteiger partial charge in [-0.1, -0.05) is 19.3 Å². The molecule has 2 rings (SSSR count). The van der Waals surface area contributed by atoms with Crippen LogP contribution in [0.3, 0.4) is 0 Å². The third-order valence-corrected chi connectivity index (χ3v) is 4.04. The second kappa shape index (κ2) is 5.57. The fraction of sp³-hybridized carbons (Fsp3) is 0.643. The van der Waals surface area contributed by atoms with E-state index >= 15 is 0 Å². The molecule has 0 saturated heterocycles. The van der Waals surface area contributed by atoms with Gasteiger partial charge in [-0.3, -0.25) is 4.79 Å². The van der Waals surface area contributed by atoms with Crippen LogP contribution in [0.1, 0.15) is 48.2 Å². The Morgan fingerprint density at radius 3 is 2.72 bits per heavy atom. The molecular formula is C14H22N2O2. The van der Waals surface area contributed by atoms with E-state index in [0.717, 1.165) is 18.4 Å². The van der Waals surface area contributed by atoms with Gasteiger partial charge in [-0.05, 0) is 37.8 Å². The van der Waals surface area contributed by atoms with Gasteiger partial charge in [0.2, 0.25) is 0 Å². The summed E-state index contributed by atoms with van der Waals surface area (Å²) in [5.41, 5.74) is 6.86. The highest BCUT2D eigenvalue weighted by Gasteiger charge is 2.31. The van der Waals surface area contributed by atoms with Gasteiger partial charge in [0.05, 0.1) is 6.26 Å². The van der Waals surface area contributed by atoms with Crippen molar-refractivity contribution in [2.75, 3.05) is 13.1 Å². The maximum absolute atomic E-state index is 12.0. The fourth-order valence-corrected chi connectivity index (χ4v) is 2.71. The van der Waals surface area contributed by atoms with Crippen LogP contribution in [0.5, 0.6) is 0 Å². The van der Waals surface area contributed by atoms with Crippen LogP contribution >= 0.6 is 0 Å². The van der Waals surface area contributed by atoms with E-state index < -0.39 is 0 Å². The van der Waals surface area contributed by atoms with Crippen LogP contribution in [0, 0.1) is 12.3 Å². The molecule has 18 heavy (non-hydrogen) atoms. The van der Waals surface area contributed by atoms with E-state index in [1.807, 2.05) is 6.92 Å². The zero-order valence-electron chi connectivity index (χ0n) is 11.0. The Morgan fingerprint density at radius 1 is 1.44 bits per heavy atom. The topological polar surface area (TPSA) is 68.3 Å². The van der Waals surface area contributed by atoms with Gasteiger partial charge in [-0.15, -0.1) is 0 Å². The number of carbonyl (C=O) groups is 1. The summed E-state index contributed by atoms with van der Waals surface area (Å²) in [6.45, 7) is 3.17. The van der Waals surface area contributed by atoms with Gasteiger partial charge in [0.1, 0.15) is 0 Å². The molecule has 3 N–H and O–H groups in total. The van der Waals surface area contributed by atoms with Crippen LogP contribution in [-0.2, 0) is 0 Å².